The molecule has 2 aliphatic carbocycles. The van der Waals surface area contributed by atoms with Crippen molar-refractivity contribution in [1.82, 2.24) is 10.0 Å². The molecule has 0 heterocycles. The van der Waals surface area contributed by atoms with Crippen LogP contribution in [0.5, 0.6) is 0 Å². The molecule has 2 N–H and O–H groups in total. The van der Waals surface area contributed by atoms with Crippen LogP contribution in [0.3, 0.4) is 0 Å². The number of amides is 1. The molecule has 150 valence electrons. The lowest BCUT2D eigenvalue weighted by atomic mass is 9.80. The molecule has 0 aliphatic heterocycles. The van der Waals surface area contributed by atoms with Gasteiger partial charge in [-0.1, -0.05) is 38.0 Å². The first-order chi connectivity index (χ1) is 13.0. The molecule has 0 saturated heterocycles. The first kappa shape index (κ1) is 20.3. The van der Waals surface area contributed by atoms with Gasteiger partial charge >= 0.3 is 0 Å². The maximum absolute atomic E-state index is 12.6. The Morgan fingerprint density at radius 1 is 1.00 bits per heavy atom. The van der Waals surface area contributed by atoms with Crippen molar-refractivity contribution in [3.63, 3.8) is 0 Å². The second-order valence-corrected chi connectivity index (χ2v) is 10.0. The van der Waals surface area contributed by atoms with E-state index in [4.69, 9.17) is 0 Å². The van der Waals surface area contributed by atoms with Crippen LogP contribution in [-0.2, 0) is 14.8 Å². The molecule has 5 nitrogen and oxygen atoms in total. The summed E-state index contributed by atoms with van der Waals surface area (Å²) < 4.78 is 27.4. The molecular formula is C21H32N2O3S. The quantitative estimate of drug-likeness (QED) is 0.778. The summed E-state index contributed by atoms with van der Waals surface area (Å²) in [5.74, 6) is 1.17. The summed E-state index contributed by atoms with van der Waals surface area (Å²) in [7, 11) is -3.44. The van der Waals surface area contributed by atoms with Crippen LogP contribution in [0.1, 0.15) is 58.3 Å². The van der Waals surface area contributed by atoms with Crippen LogP contribution in [0.4, 0.5) is 0 Å². The van der Waals surface area contributed by atoms with E-state index in [0.717, 1.165) is 32.1 Å². The van der Waals surface area contributed by atoms with Gasteiger partial charge in [0.2, 0.25) is 15.9 Å². The number of sulfonamides is 1. The van der Waals surface area contributed by atoms with Crippen LogP contribution >= 0.6 is 0 Å². The molecule has 0 unspecified atom stereocenters. The highest BCUT2D eigenvalue weighted by Crippen LogP contribution is 2.30. The van der Waals surface area contributed by atoms with Crippen LogP contribution in [0.15, 0.2) is 35.2 Å². The normalized spacial score (nSPS) is 29.2. The molecule has 2 atom stereocenters. The maximum Gasteiger partial charge on any atom is 0.240 e. The van der Waals surface area contributed by atoms with E-state index in [2.05, 4.69) is 17.0 Å². The van der Waals surface area contributed by atoms with E-state index in [1.165, 1.54) is 19.3 Å². The molecule has 0 aromatic heterocycles. The Bertz CT molecular complexity index is 712. The fraction of sp³-hybridized carbons (Fsp3) is 0.667. The summed E-state index contributed by atoms with van der Waals surface area (Å²) in [6, 6.07) is 8.81. The Labute approximate surface area is 163 Å². The number of carbonyl (C=O) groups excluding carboxylic acids is 1. The molecule has 2 fully saturated rings. The van der Waals surface area contributed by atoms with Crippen molar-refractivity contribution in [3.05, 3.63) is 30.3 Å². The first-order valence-corrected chi connectivity index (χ1v) is 11.8. The van der Waals surface area contributed by atoms with E-state index in [0.29, 0.717) is 29.3 Å². The second kappa shape index (κ2) is 9.20. The topological polar surface area (TPSA) is 75.3 Å². The van der Waals surface area contributed by atoms with Crippen LogP contribution in [-0.4, -0.2) is 26.9 Å². The zero-order chi connectivity index (χ0) is 19.3. The summed E-state index contributed by atoms with van der Waals surface area (Å²) in [6.07, 6.45) is 8.30. The van der Waals surface area contributed by atoms with Gasteiger partial charge in [0.25, 0.3) is 0 Å². The summed E-state index contributed by atoms with van der Waals surface area (Å²) >= 11 is 0. The van der Waals surface area contributed by atoms with Crippen molar-refractivity contribution in [2.24, 2.45) is 17.8 Å². The Balaban J connectivity index is 1.43. The van der Waals surface area contributed by atoms with Crippen molar-refractivity contribution in [3.8, 4) is 0 Å². The van der Waals surface area contributed by atoms with Gasteiger partial charge in [0, 0.05) is 18.5 Å². The van der Waals surface area contributed by atoms with Gasteiger partial charge in [0.1, 0.15) is 0 Å². The largest absolute Gasteiger partial charge is 0.353 e. The Morgan fingerprint density at radius 3 is 2.33 bits per heavy atom. The minimum atomic E-state index is -3.44. The zero-order valence-corrected chi connectivity index (χ0v) is 17.0. The third kappa shape index (κ3) is 5.55. The second-order valence-electron chi connectivity index (χ2n) is 8.26. The number of nitrogens with one attached hydrogen (secondary N) is 2. The van der Waals surface area contributed by atoms with Gasteiger partial charge in [-0.3, -0.25) is 4.79 Å². The molecule has 27 heavy (non-hydrogen) atoms. The Kier molecular flexibility index (Phi) is 6.93. The van der Waals surface area contributed by atoms with E-state index in [-0.39, 0.29) is 11.8 Å². The smallest absolute Gasteiger partial charge is 0.240 e. The third-order valence-corrected chi connectivity index (χ3v) is 7.71. The molecule has 0 radical (unpaired) electrons. The van der Waals surface area contributed by atoms with Crippen LogP contribution in [0, 0.1) is 17.8 Å². The highest BCUT2D eigenvalue weighted by atomic mass is 32.2. The van der Waals surface area contributed by atoms with Crippen molar-refractivity contribution >= 4 is 15.9 Å². The van der Waals surface area contributed by atoms with E-state index < -0.39 is 10.0 Å². The number of benzene rings is 1. The van der Waals surface area contributed by atoms with Gasteiger partial charge in [-0.25, -0.2) is 13.1 Å². The van der Waals surface area contributed by atoms with Crippen LogP contribution in [0.2, 0.25) is 0 Å². The molecule has 1 aromatic rings. The Morgan fingerprint density at radius 2 is 1.67 bits per heavy atom. The molecule has 1 aromatic carbocycles. The Hall–Kier alpha value is -1.40. The molecule has 2 saturated carbocycles. The fourth-order valence-electron chi connectivity index (χ4n) is 4.37. The standard InChI is InChI=1S/C21H32N2O3S/c1-16-7-5-6-10-20(16)23-21(24)18-13-11-17(12-14-18)15-22-27(25,26)19-8-3-2-4-9-19/h2-4,8-9,16-18,20,22H,5-7,10-15H2,1H3,(H,23,24)/t16-,17?,18?,20-/m0/s1. The van der Waals surface area contributed by atoms with Crippen molar-refractivity contribution < 1.29 is 13.2 Å². The molecule has 0 bridgehead atoms. The minimum absolute atomic E-state index is 0.0844. The van der Waals surface area contributed by atoms with Crippen molar-refractivity contribution in [2.45, 2.75) is 69.2 Å². The lowest BCUT2D eigenvalue weighted by Crippen LogP contribution is -2.44. The van der Waals surface area contributed by atoms with E-state index in [1.807, 2.05) is 0 Å². The van der Waals surface area contributed by atoms with Gasteiger partial charge < -0.3 is 5.32 Å². The molecule has 1 amide bonds. The number of rotatable bonds is 6. The fourth-order valence-corrected chi connectivity index (χ4v) is 5.51. The summed E-state index contributed by atoms with van der Waals surface area (Å²) in [5, 5.41) is 3.28. The highest BCUT2D eigenvalue weighted by molar-refractivity contribution is 7.89. The molecular weight excluding hydrogens is 360 g/mol. The number of carbonyl (C=O) groups is 1. The van der Waals surface area contributed by atoms with Crippen LogP contribution < -0.4 is 10.0 Å². The van der Waals surface area contributed by atoms with Gasteiger partial charge in [0.15, 0.2) is 0 Å². The van der Waals surface area contributed by atoms with E-state index >= 15 is 0 Å². The molecule has 0 spiro atoms. The number of hydrogen-bond acceptors (Lipinski definition) is 3. The summed E-state index contributed by atoms with van der Waals surface area (Å²) in [6.45, 7) is 2.69. The molecule has 6 heteroatoms. The zero-order valence-electron chi connectivity index (χ0n) is 16.2. The average Bonchev–Trinajstić information content (AvgIpc) is 2.69. The van der Waals surface area contributed by atoms with Crippen molar-refractivity contribution in [1.29, 1.82) is 0 Å². The van der Waals surface area contributed by atoms with Gasteiger partial charge in [-0.15, -0.1) is 0 Å². The predicted molar refractivity (Wildman–Crippen MR) is 107 cm³/mol. The van der Waals surface area contributed by atoms with Crippen molar-refractivity contribution in [2.75, 3.05) is 6.54 Å². The first-order valence-electron chi connectivity index (χ1n) is 10.3. The van der Waals surface area contributed by atoms with Gasteiger partial charge in [-0.05, 0) is 62.5 Å². The highest BCUT2D eigenvalue weighted by Gasteiger charge is 2.30. The SMILES string of the molecule is C[C@H]1CCCC[C@@H]1NC(=O)C1CCC(CNS(=O)(=O)c2ccccc2)CC1. The predicted octanol–water partition coefficient (Wildman–Crippen LogP) is 3.47. The van der Waals surface area contributed by atoms with E-state index in [1.54, 1.807) is 30.3 Å². The van der Waals surface area contributed by atoms with E-state index in [9.17, 15) is 13.2 Å². The summed E-state index contributed by atoms with van der Waals surface area (Å²) in [4.78, 5) is 12.9. The van der Waals surface area contributed by atoms with Gasteiger partial charge in [-0.2, -0.15) is 0 Å². The lowest BCUT2D eigenvalue weighted by Gasteiger charge is -2.33. The molecule has 3 rings (SSSR count). The summed E-state index contributed by atoms with van der Waals surface area (Å²) in [5.41, 5.74) is 0. The maximum atomic E-state index is 12.6. The molecule has 2 aliphatic rings. The average molecular weight is 393 g/mol. The lowest BCUT2D eigenvalue weighted by molar-refractivity contribution is -0.127. The van der Waals surface area contributed by atoms with Gasteiger partial charge in [0.05, 0.1) is 4.90 Å². The number of hydrogen-bond donors (Lipinski definition) is 2. The minimum Gasteiger partial charge on any atom is -0.353 e. The van der Waals surface area contributed by atoms with Crippen LogP contribution in [0.25, 0.3) is 0 Å². The third-order valence-electron chi connectivity index (χ3n) is 6.27. The monoisotopic (exact) mass is 392 g/mol.